The van der Waals surface area contributed by atoms with Crippen molar-refractivity contribution < 1.29 is 4.48 Å². The summed E-state index contributed by atoms with van der Waals surface area (Å²) in [4.78, 5) is 2.67. The molecule has 4 fully saturated rings. The maximum Gasteiger partial charge on any atom is 0.134 e. The zero-order chi connectivity index (χ0) is 7.47. The van der Waals surface area contributed by atoms with Crippen LogP contribution in [0.15, 0.2) is 0 Å². The molecule has 4 saturated heterocycles. The van der Waals surface area contributed by atoms with E-state index in [9.17, 15) is 0 Å². The first kappa shape index (κ1) is 6.44. The molecule has 0 spiro atoms. The Bertz CT molecular complexity index is 153. The molecular weight excluding hydrogens is 136 g/mol. The summed E-state index contributed by atoms with van der Waals surface area (Å²) in [7, 11) is 2.44. The Balaban J connectivity index is 1.94. The van der Waals surface area contributed by atoms with Crippen LogP contribution >= 0.6 is 0 Å². The minimum absolute atomic E-state index is 1.04. The van der Waals surface area contributed by atoms with Gasteiger partial charge in [0.2, 0.25) is 0 Å². The molecule has 0 aromatic carbocycles. The first-order chi connectivity index (χ1) is 5.23. The van der Waals surface area contributed by atoms with Crippen LogP contribution < -0.4 is 0 Å². The average Bonchev–Trinajstić information content (AvgIpc) is 1.79. The molecule has 4 bridgehead atoms. The summed E-state index contributed by atoms with van der Waals surface area (Å²) in [6.07, 6.45) is 1.53. The smallest absolute Gasteiger partial charge is 0.134 e. The van der Waals surface area contributed by atoms with E-state index < -0.39 is 0 Å². The predicted octanol–water partition coefficient (Wildman–Crippen LogP) is 0.356. The van der Waals surface area contributed by atoms with Crippen molar-refractivity contribution in [3.8, 4) is 0 Å². The Morgan fingerprint density at radius 2 is 1.82 bits per heavy atom. The molecule has 0 aliphatic carbocycles. The van der Waals surface area contributed by atoms with Gasteiger partial charge in [0, 0.05) is 24.9 Å². The molecule has 0 saturated carbocycles. The third-order valence-corrected chi connectivity index (χ3v) is 3.64. The van der Waals surface area contributed by atoms with Crippen molar-refractivity contribution in [1.29, 1.82) is 0 Å². The van der Waals surface area contributed by atoms with E-state index in [1.807, 2.05) is 0 Å². The summed E-state index contributed by atoms with van der Waals surface area (Å²) < 4.78 is 1.36. The lowest BCUT2D eigenvalue weighted by molar-refractivity contribution is -0.944. The molecule has 2 nitrogen and oxygen atoms in total. The number of nitrogens with zero attached hydrogens (tertiary/aromatic N) is 2. The molecule has 0 amide bonds. The van der Waals surface area contributed by atoms with E-state index >= 15 is 0 Å². The van der Waals surface area contributed by atoms with Crippen molar-refractivity contribution >= 4 is 0 Å². The number of hydrogen-bond acceptors (Lipinski definition) is 1. The Kier molecular flexibility index (Phi) is 1.06. The molecule has 0 N–H and O–H groups in total. The summed E-state index contributed by atoms with van der Waals surface area (Å²) in [5, 5.41) is 0. The third kappa shape index (κ3) is 0.859. The maximum atomic E-state index is 2.67. The van der Waals surface area contributed by atoms with Gasteiger partial charge in [-0.15, -0.1) is 0 Å². The van der Waals surface area contributed by atoms with Gasteiger partial charge in [-0.1, -0.05) is 0 Å². The lowest BCUT2D eigenvalue weighted by Gasteiger charge is -2.57. The first-order valence-electron chi connectivity index (χ1n) is 4.79. The van der Waals surface area contributed by atoms with Crippen LogP contribution in [0.3, 0.4) is 0 Å². The van der Waals surface area contributed by atoms with Crippen molar-refractivity contribution in [3.63, 3.8) is 0 Å². The van der Waals surface area contributed by atoms with Crippen LogP contribution in [0.25, 0.3) is 0 Å². The SMILES string of the molecule is C[N+]12CC3CC(CN(C3)C1)C2. The van der Waals surface area contributed by atoms with E-state index in [-0.39, 0.29) is 0 Å². The van der Waals surface area contributed by atoms with Gasteiger partial charge in [-0.2, -0.15) is 0 Å². The topological polar surface area (TPSA) is 3.24 Å². The van der Waals surface area contributed by atoms with Gasteiger partial charge in [-0.3, -0.25) is 4.90 Å². The van der Waals surface area contributed by atoms with E-state index in [1.165, 1.54) is 43.8 Å². The fourth-order valence-electron chi connectivity index (χ4n) is 3.72. The molecule has 2 atom stereocenters. The lowest BCUT2D eigenvalue weighted by Crippen LogP contribution is -2.70. The highest BCUT2D eigenvalue weighted by Gasteiger charge is 2.47. The van der Waals surface area contributed by atoms with Crippen LogP contribution in [0.5, 0.6) is 0 Å². The maximum absolute atomic E-state index is 2.67. The van der Waals surface area contributed by atoms with Crippen molar-refractivity contribution in [2.24, 2.45) is 11.8 Å². The van der Waals surface area contributed by atoms with Crippen molar-refractivity contribution in [1.82, 2.24) is 4.90 Å². The summed E-state index contributed by atoms with van der Waals surface area (Å²) in [5.74, 6) is 2.09. The minimum atomic E-state index is 1.04. The number of quaternary nitrogens is 1. The second kappa shape index (κ2) is 1.80. The average molecular weight is 153 g/mol. The van der Waals surface area contributed by atoms with E-state index in [0.29, 0.717) is 0 Å². The summed E-state index contributed by atoms with van der Waals surface area (Å²) in [5.41, 5.74) is 0. The van der Waals surface area contributed by atoms with Crippen LogP contribution in [-0.4, -0.2) is 49.3 Å². The molecule has 0 aromatic rings. The molecule has 4 rings (SSSR count). The molecule has 4 aliphatic heterocycles. The molecule has 2 unspecified atom stereocenters. The predicted molar refractivity (Wildman–Crippen MR) is 44.0 cm³/mol. The zero-order valence-corrected chi connectivity index (χ0v) is 7.29. The van der Waals surface area contributed by atoms with Crippen LogP contribution in [0, 0.1) is 11.8 Å². The molecule has 0 radical (unpaired) electrons. The molecule has 11 heavy (non-hydrogen) atoms. The standard InChI is InChI=1S/C9H17N2/c1-11-5-8-2-9(6-11)4-10(3-8)7-11/h8-9H,2-7H2,1H3/q+1. The number of hydrogen-bond donors (Lipinski definition) is 0. The number of rotatable bonds is 0. The molecule has 0 aromatic heterocycles. The summed E-state index contributed by atoms with van der Waals surface area (Å²) >= 11 is 0. The highest BCUT2D eigenvalue weighted by Crippen LogP contribution is 2.36. The van der Waals surface area contributed by atoms with Crippen molar-refractivity contribution in [2.45, 2.75) is 6.42 Å². The fraction of sp³-hybridized carbons (Fsp3) is 1.00. The van der Waals surface area contributed by atoms with Gasteiger partial charge in [-0.25, -0.2) is 0 Å². The van der Waals surface area contributed by atoms with Gasteiger partial charge in [0.25, 0.3) is 0 Å². The third-order valence-electron chi connectivity index (χ3n) is 3.64. The van der Waals surface area contributed by atoms with E-state index in [4.69, 9.17) is 0 Å². The molecule has 4 heterocycles. The van der Waals surface area contributed by atoms with Crippen LogP contribution in [-0.2, 0) is 0 Å². The fourth-order valence-corrected chi connectivity index (χ4v) is 3.72. The quantitative estimate of drug-likeness (QED) is 0.454. The van der Waals surface area contributed by atoms with Crippen LogP contribution in [0.2, 0.25) is 0 Å². The van der Waals surface area contributed by atoms with Gasteiger partial charge in [-0.05, 0) is 6.42 Å². The van der Waals surface area contributed by atoms with Crippen molar-refractivity contribution in [2.75, 3.05) is 39.9 Å². The van der Waals surface area contributed by atoms with E-state index in [0.717, 1.165) is 11.8 Å². The molecule has 62 valence electrons. The summed E-state index contributed by atoms with van der Waals surface area (Å²) in [6.45, 7) is 7.08. The van der Waals surface area contributed by atoms with Crippen molar-refractivity contribution in [3.05, 3.63) is 0 Å². The van der Waals surface area contributed by atoms with Gasteiger partial charge in [0.1, 0.15) is 6.67 Å². The first-order valence-corrected chi connectivity index (χ1v) is 4.79. The Morgan fingerprint density at radius 3 is 2.27 bits per heavy atom. The molecule has 4 aliphatic rings. The Hall–Kier alpha value is -0.0800. The highest BCUT2D eigenvalue weighted by molar-refractivity contribution is 4.85. The largest absolute Gasteiger partial charge is 0.313 e. The monoisotopic (exact) mass is 153 g/mol. The van der Waals surface area contributed by atoms with Gasteiger partial charge >= 0.3 is 0 Å². The second-order valence-corrected chi connectivity index (χ2v) is 5.13. The van der Waals surface area contributed by atoms with E-state index in [1.54, 1.807) is 0 Å². The van der Waals surface area contributed by atoms with Gasteiger partial charge < -0.3 is 4.48 Å². The molecular formula is C9H17N2+. The Morgan fingerprint density at radius 1 is 1.18 bits per heavy atom. The van der Waals surface area contributed by atoms with Crippen LogP contribution in [0.1, 0.15) is 6.42 Å². The zero-order valence-electron chi connectivity index (χ0n) is 7.29. The normalized spacial score (nSPS) is 60.3. The Labute approximate surface area is 68.4 Å². The summed E-state index contributed by atoms with van der Waals surface area (Å²) in [6, 6.07) is 0. The van der Waals surface area contributed by atoms with Gasteiger partial charge in [0.15, 0.2) is 0 Å². The van der Waals surface area contributed by atoms with Crippen LogP contribution in [0.4, 0.5) is 0 Å². The molecule has 2 heteroatoms. The van der Waals surface area contributed by atoms with E-state index in [2.05, 4.69) is 11.9 Å². The highest BCUT2D eigenvalue weighted by atomic mass is 15.5. The van der Waals surface area contributed by atoms with Gasteiger partial charge in [0.05, 0.1) is 20.1 Å². The second-order valence-electron chi connectivity index (χ2n) is 5.13. The number of piperidine rings is 2. The lowest BCUT2D eigenvalue weighted by atomic mass is 9.81. The minimum Gasteiger partial charge on any atom is -0.313 e.